The summed E-state index contributed by atoms with van der Waals surface area (Å²) in [6.45, 7) is 4.00. The Morgan fingerprint density at radius 2 is 1.18 bits per heavy atom. The predicted molar refractivity (Wildman–Crippen MR) is 97.4 cm³/mol. The summed E-state index contributed by atoms with van der Waals surface area (Å²) in [5.41, 5.74) is 2.39. The number of ether oxygens (including phenoxy) is 1. The maximum atomic E-state index is 5.85. The van der Waals surface area contributed by atoms with Gasteiger partial charge in [-0.25, -0.2) is 0 Å². The summed E-state index contributed by atoms with van der Waals surface area (Å²) in [6, 6.07) is 26.3. The van der Waals surface area contributed by atoms with E-state index < -0.39 is 0 Å². The van der Waals surface area contributed by atoms with Gasteiger partial charge in [0.25, 0.3) is 0 Å². The molecule has 0 N–H and O–H groups in total. The van der Waals surface area contributed by atoms with Crippen molar-refractivity contribution >= 4 is 15.9 Å². The normalized spacial score (nSPS) is 9.59. The minimum Gasteiger partial charge on any atom is -0.456 e. The van der Waals surface area contributed by atoms with Gasteiger partial charge >= 0.3 is 0 Å². The average molecular weight is 355 g/mol. The van der Waals surface area contributed by atoms with Gasteiger partial charge in [0.15, 0.2) is 0 Å². The summed E-state index contributed by atoms with van der Waals surface area (Å²) in [4.78, 5) is 0. The second-order valence-corrected chi connectivity index (χ2v) is 5.28. The Balaban J connectivity index is 0.000000847. The first-order valence-electron chi connectivity index (χ1n) is 7.41. The molecule has 0 bridgehead atoms. The number of para-hydroxylation sites is 1. The van der Waals surface area contributed by atoms with Gasteiger partial charge in [-0.1, -0.05) is 68.4 Å². The lowest BCUT2D eigenvalue weighted by atomic mass is 10.1. The van der Waals surface area contributed by atoms with E-state index in [0.29, 0.717) is 0 Å². The zero-order valence-corrected chi connectivity index (χ0v) is 14.4. The Morgan fingerprint density at radius 1 is 0.636 bits per heavy atom. The lowest BCUT2D eigenvalue weighted by Gasteiger charge is -2.08. The highest BCUT2D eigenvalue weighted by Crippen LogP contribution is 2.30. The first-order chi connectivity index (χ1) is 10.8. The maximum absolute atomic E-state index is 5.85. The third kappa shape index (κ3) is 4.22. The van der Waals surface area contributed by atoms with E-state index in [1.54, 1.807) is 0 Å². The third-order valence-corrected chi connectivity index (χ3v) is 3.68. The van der Waals surface area contributed by atoms with Crippen LogP contribution in [0.2, 0.25) is 0 Å². The monoisotopic (exact) mass is 354 g/mol. The lowest BCUT2D eigenvalue weighted by molar-refractivity contribution is 0.480. The standard InChI is InChI=1S/C18H13BrO.C2H6/c19-17-8-4-5-9-18(17)20-16-12-10-15(11-13-16)14-6-2-1-3-7-14;1-2/h1-13H;1-2H3. The SMILES string of the molecule is Brc1ccccc1Oc1ccc(-c2ccccc2)cc1.CC. The van der Waals surface area contributed by atoms with E-state index >= 15 is 0 Å². The topological polar surface area (TPSA) is 9.23 Å². The van der Waals surface area contributed by atoms with Crippen molar-refractivity contribution in [1.29, 1.82) is 0 Å². The summed E-state index contributed by atoms with van der Waals surface area (Å²) < 4.78 is 6.80. The van der Waals surface area contributed by atoms with Gasteiger partial charge in [-0.05, 0) is 51.3 Å². The Labute approximate surface area is 140 Å². The van der Waals surface area contributed by atoms with Crippen LogP contribution in [0.4, 0.5) is 0 Å². The molecule has 0 aromatic heterocycles. The quantitative estimate of drug-likeness (QED) is 0.495. The molecule has 0 saturated heterocycles. The summed E-state index contributed by atoms with van der Waals surface area (Å²) in [5, 5.41) is 0. The van der Waals surface area contributed by atoms with Crippen molar-refractivity contribution in [3.8, 4) is 22.6 Å². The molecule has 0 unspecified atom stereocenters. The van der Waals surface area contributed by atoms with Crippen LogP contribution in [0.1, 0.15) is 13.8 Å². The van der Waals surface area contributed by atoms with Crippen LogP contribution in [0.25, 0.3) is 11.1 Å². The average Bonchev–Trinajstić information content (AvgIpc) is 2.60. The number of rotatable bonds is 3. The van der Waals surface area contributed by atoms with Gasteiger partial charge in [0, 0.05) is 0 Å². The molecule has 0 spiro atoms. The van der Waals surface area contributed by atoms with E-state index in [1.807, 2.05) is 68.4 Å². The summed E-state index contributed by atoms with van der Waals surface area (Å²) in [5.74, 6) is 1.65. The van der Waals surface area contributed by atoms with Crippen molar-refractivity contribution in [2.45, 2.75) is 13.8 Å². The Kier molecular flexibility index (Phi) is 6.23. The molecular weight excluding hydrogens is 336 g/mol. The Bertz CT molecular complexity index is 690. The molecule has 3 rings (SSSR count). The zero-order chi connectivity index (χ0) is 15.8. The number of halogens is 1. The molecule has 0 heterocycles. The fourth-order valence-electron chi connectivity index (χ4n) is 2.00. The number of hydrogen-bond donors (Lipinski definition) is 0. The molecule has 0 aliphatic carbocycles. The van der Waals surface area contributed by atoms with Gasteiger partial charge in [0.1, 0.15) is 11.5 Å². The second kappa shape index (κ2) is 8.40. The minimum atomic E-state index is 0.819. The molecule has 0 radical (unpaired) electrons. The summed E-state index contributed by atoms with van der Waals surface area (Å²) in [7, 11) is 0. The van der Waals surface area contributed by atoms with Crippen molar-refractivity contribution in [2.24, 2.45) is 0 Å². The molecule has 112 valence electrons. The van der Waals surface area contributed by atoms with E-state index in [1.165, 1.54) is 11.1 Å². The van der Waals surface area contributed by atoms with Gasteiger partial charge in [-0.15, -0.1) is 0 Å². The lowest BCUT2D eigenvalue weighted by Crippen LogP contribution is -1.85. The van der Waals surface area contributed by atoms with Gasteiger partial charge in [-0.2, -0.15) is 0 Å². The molecule has 0 fully saturated rings. The van der Waals surface area contributed by atoms with Crippen LogP contribution in [-0.2, 0) is 0 Å². The van der Waals surface area contributed by atoms with Crippen LogP contribution in [0.15, 0.2) is 83.3 Å². The predicted octanol–water partition coefficient (Wildman–Crippen LogP) is 6.93. The molecule has 22 heavy (non-hydrogen) atoms. The van der Waals surface area contributed by atoms with E-state index in [4.69, 9.17) is 4.74 Å². The van der Waals surface area contributed by atoms with Gasteiger partial charge < -0.3 is 4.74 Å². The number of benzene rings is 3. The third-order valence-electron chi connectivity index (χ3n) is 3.03. The van der Waals surface area contributed by atoms with Crippen molar-refractivity contribution < 1.29 is 4.74 Å². The molecule has 2 heteroatoms. The maximum Gasteiger partial charge on any atom is 0.141 e. The highest BCUT2D eigenvalue weighted by Gasteiger charge is 2.02. The minimum absolute atomic E-state index is 0.819. The van der Waals surface area contributed by atoms with Gasteiger partial charge in [0.2, 0.25) is 0 Å². The zero-order valence-electron chi connectivity index (χ0n) is 12.8. The van der Waals surface area contributed by atoms with E-state index in [-0.39, 0.29) is 0 Å². The van der Waals surface area contributed by atoms with Crippen LogP contribution in [0.5, 0.6) is 11.5 Å². The molecule has 3 aromatic carbocycles. The van der Waals surface area contributed by atoms with Crippen LogP contribution in [0.3, 0.4) is 0 Å². The second-order valence-electron chi connectivity index (χ2n) is 4.42. The molecule has 0 atom stereocenters. The van der Waals surface area contributed by atoms with Crippen molar-refractivity contribution in [3.63, 3.8) is 0 Å². The van der Waals surface area contributed by atoms with Crippen LogP contribution >= 0.6 is 15.9 Å². The first kappa shape index (κ1) is 16.3. The first-order valence-corrected chi connectivity index (χ1v) is 8.20. The molecular formula is C20H19BrO. The van der Waals surface area contributed by atoms with Crippen molar-refractivity contribution in [3.05, 3.63) is 83.3 Å². The molecule has 0 aliphatic rings. The molecule has 1 nitrogen and oxygen atoms in total. The van der Waals surface area contributed by atoms with E-state index in [9.17, 15) is 0 Å². The van der Waals surface area contributed by atoms with Crippen LogP contribution in [-0.4, -0.2) is 0 Å². The van der Waals surface area contributed by atoms with E-state index in [2.05, 4.69) is 40.2 Å². The van der Waals surface area contributed by atoms with Gasteiger partial charge in [0.05, 0.1) is 4.47 Å². The molecule has 0 amide bonds. The highest BCUT2D eigenvalue weighted by molar-refractivity contribution is 9.10. The molecule has 0 saturated carbocycles. The van der Waals surface area contributed by atoms with Crippen LogP contribution < -0.4 is 4.74 Å². The summed E-state index contributed by atoms with van der Waals surface area (Å²) >= 11 is 3.48. The molecule has 0 aliphatic heterocycles. The smallest absolute Gasteiger partial charge is 0.141 e. The highest BCUT2D eigenvalue weighted by atomic mass is 79.9. The fraction of sp³-hybridized carbons (Fsp3) is 0.100. The fourth-order valence-corrected chi connectivity index (χ4v) is 2.37. The van der Waals surface area contributed by atoms with Gasteiger partial charge in [-0.3, -0.25) is 0 Å². The summed E-state index contributed by atoms with van der Waals surface area (Å²) in [6.07, 6.45) is 0. The van der Waals surface area contributed by atoms with Crippen molar-refractivity contribution in [1.82, 2.24) is 0 Å². The van der Waals surface area contributed by atoms with Crippen molar-refractivity contribution in [2.75, 3.05) is 0 Å². The number of hydrogen-bond acceptors (Lipinski definition) is 1. The Hall–Kier alpha value is -2.06. The van der Waals surface area contributed by atoms with Crippen LogP contribution in [0, 0.1) is 0 Å². The Morgan fingerprint density at radius 3 is 1.82 bits per heavy atom. The largest absolute Gasteiger partial charge is 0.456 e. The molecule has 3 aromatic rings. The van der Waals surface area contributed by atoms with E-state index in [0.717, 1.165) is 16.0 Å².